The number of rotatable bonds is 7. The summed E-state index contributed by atoms with van der Waals surface area (Å²) in [6.07, 6.45) is 0.837. The van der Waals surface area contributed by atoms with Crippen LogP contribution in [0.1, 0.15) is 36.9 Å². The minimum atomic E-state index is 0.360. The lowest BCUT2D eigenvalue weighted by atomic mass is 10.1. The van der Waals surface area contributed by atoms with E-state index in [1.165, 1.54) is 0 Å². The Bertz CT molecular complexity index is 869. The van der Waals surface area contributed by atoms with Gasteiger partial charge in [0.25, 0.3) is 0 Å². The molecule has 27 heavy (non-hydrogen) atoms. The first-order chi connectivity index (χ1) is 13.2. The van der Waals surface area contributed by atoms with Crippen LogP contribution >= 0.6 is 11.3 Å². The molecule has 7 heteroatoms. The fourth-order valence-electron chi connectivity index (χ4n) is 2.52. The van der Waals surface area contributed by atoms with Crippen molar-refractivity contribution in [2.75, 3.05) is 13.6 Å². The van der Waals surface area contributed by atoms with Gasteiger partial charge in [0.2, 0.25) is 0 Å². The number of hydrogen-bond donors (Lipinski definition) is 2. The van der Waals surface area contributed by atoms with Crippen molar-refractivity contribution in [1.82, 2.24) is 20.8 Å². The van der Waals surface area contributed by atoms with Crippen molar-refractivity contribution in [3.8, 4) is 10.6 Å². The maximum atomic E-state index is 5.34. The van der Waals surface area contributed by atoms with Crippen molar-refractivity contribution in [3.05, 3.63) is 58.9 Å². The second-order valence-electron chi connectivity index (χ2n) is 6.49. The first-order valence-corrected chi connectivity index (χ1v) is 9.93. The molecule has 2 N–H and O–H groups in total. The lowest BCUT2D eigenvalue weighted by Gasteiger charge is -2.09. The molecule has 6 nitrogen and oxygen atoms in total. The van der Waals surface area contributed by atoms with Gasteiger partial charge in [0.05, 0.1) is 17.9 Å². The van der Waals surface area contributed by atoms with Crippen LogP contribution in [0.5, 0.6) is 0 Å². The average molecular weight is 384 g/mol. The standard InChI is InChI=1S/C20H25N5OS/c1-14(2)18-11-17(26-25-18)12-23-20(21-3)22-10-9-16-13-27-19(24-16)15-7-5-4-6-8-15/h4-8,11,13-14H,9-10,12H2,1-3H3,(H2,21,22,23). The molecule has 0 amide bonds. The van der Waals surface area contributed by atoms with Crippen molar-refractivity contribution >= 4 is 17.3 Å². The monoisotopic (exact) mass is 383 g/mol. The van der Waals surface area contributed by atoms with E-state index in [2.05, 4.69) is 52.1 Å². The third kappa shape index (κ3) is 5.40. The molecule has 2 aromatic heterocycles. The summed E-state index contributed by atoms with van der Waals surface area (Å²) in [6.45, 7) is 5.49. The smallest absolute Gasteiger partial charge is 0.191 e. The van der Waals surface area contributed by atoms with E-state index in [0.717, 1.165) is 46.6 Å². The third-order valence-corrected chi connectivity index (χ3v) is 5.01. The van der Waals surface area contributed by atoms with Crippen molar-refractivity contribution in [1.29, 1.82) is 0 Å². The predicted molar refractivity (Wildman–Crippen MR) is 110 cm³/mol. The van der Waals surface area contributed by atoms with E-state index < -0.39 is 0 Å². The Balaban J connectivity index is 1.45. The highest BCUT2D eigenvalue weighted by Crippen LogP contribution is 2.23. The fraction of sp³-hybridized carbons (Fsp3) is 0.350. The number of aromatic nitrogens is 2. The van der Waals surface area contributed by atoms with E-state index >= 15 is 0 Å². The van der Waals surface area contributed by atoms with Crippen LogP contribution in [0.2, 0.25) is 0 Å². The van der Waals surface area contributed by atoms with Gasteiger partial charge in [-0.1, -0.05) is 49.3 Å². The highest BCUT2D eigenvalue weighted by molar-refractivity contribution is 7.13. The lowest BCUT2D eigenvalue weighted by molar-refractivity contribution is 0.372. The maximum Gasteiger partial charge on any atom is 0.191 e. The van der Waals surface area contributed by atoms with Gasteiger partial charge in [-0.25, -0.2) is 4.98 Å². The molecule has 0 saturated heterocycles. The highest BCUT2D eigenvalue weighted by atomic mass is 32.1. The second kappa shape index (κ2) is 9.32. The molecule has 0 fully saturated rings. The molecule has 0 atom stereocenters. The predicted octanol–water partition coefficient (Wildman–Crippen LogP) is 3.83. The summed E-state index contributed by atoms with van der Waals surface area (Å²) in [7, 11) is 1.76. The van der Waals surface area contributed by atoms with Gasteiger partial charge >= 0.3 is 0 Å². The number of benzene rings is 1. The Morgan fingerprint density at radius 1 is 1.22 bits per heavy atom. The first kappa shape index (κ1) is 19.1. The van der Waals surface area contributed by atoms with E-state index in [1.807, 2.05) is 24.3 Å². The van der Waals surface area contributed by atoms with Gasteiger partial charge < -0.3 is 15.2 Å². The van der Waals surface area contributed by atoms with Crippen LogP contribution in [0, 0.1) is 0 Å². The van der Waals surface area contributed by atoms with Gasteiger partial charge in [0, 0.05) is 37.0 Å². The van der Waals surface area contributed by atoms with Gasteiger partial charge in [-0.3, -0.25) is 4.99 Å². The number of nitrogens with zero attached hydrogens (tertiary/aromatic N) is 3. The van der Waals surface area contributed by atoms with Crippen LogP contribution in [0.15, 0.2) is 51.3 Å². The summed E-state index contributed by atoms with van der Waals surface area (Å²) in [5.74, 6) is 1.89. The summed E-state index contributed by atoms with van der Waals surface area (Å²) in [4.78, 5) is 8.95. The van der Waals surface area contributed by atoms with E-state index in [0.29, 0.717) is 12.5 Å². The van der Waals surface area contributed by atoms with Crippen LogP contribution in [0.3, 0.4) is 0 Å². The Labute approximate surface area is 163 Å². The Morgan fingerprint density at radius 3 is 2.74 bits per heavy atom. The Morgan fingerprint density at radius 2 is 2.04 bits per heavy atom. The summed E-state index contributed by atoms with van der Waals surface area (Å²) in [5.41, 5.74) is 3.21. The van der Waals surface area contributed by atoms with E-state index in [9.17, 15) is 0 Å². The lowest BCUT2D eigenvalue weighted by Crippen LogP contribution is -2.37. The molecule has 3 aromatic rings. The molecule has 0 spiro atoms. The van der Waals surface area contributed by atoms with Crippen molar-refractivity contribution in [3.63, 3.8) is 0 Å². The molecule has 0 aliphatic heterocycles. The molecule has 142 valence electrons. The maximum absolute atomic E-state index is 5.34. The number of thiazole rings is 1. The zero-order valence-electron chi connectivity index (χ0n) is 15.9. The normalized spacial score (nSPS) is 11.8. The zero-order valence-corrected chi connectivity index (χ0v) is 16.7. The molecular weight excluding hydrogens is 358 g/mol. The fourth-order valence-corrected chi connectivity index (χ4v) is 3.38. The van der Waals surface area contributed by atoms with E-state index in [-0.39, 0.29) is 0 Å². The largest absolute Gasteiger partial charge is 0.359 e. The summed E-state index contributed by atoms with van der Waals surface area (Å²) in [5, 5.41) is 13.8. The quantitative estimate of drug-likeness (QED) is 0.479. The van der Waals surface area contributed by atoms with E-state index in [1.54, 1.807) is 18.4 Å². The minimum Gasteiger partial charge on any atom is -0.359 e. The van der Waals surface area contributed by atoms with Crippen LogP contribution in [0.25, 0.3) is 10.6 Å². The van der Waals surface area contributed by atoms with E-state index in [4.69, 9.17) is 9.51 Å². The number of nitrogens with one attached hydrogen (secondary N) is 2. The minimum absolute atomic E-state index is 0.360. The van der Waals surface area contributed by atoms with Crippen molar-refractivity contribution in [2.24, 2.45) is 4.99 Å². The van der Waals surface area contributed by atoms with Gasteiger partial charge in [-0.2, -0.15) is 0 Å². The first-order valence-electron chi connectivity index (χ1n) is 9.05. The van der Waals surface area contributed by atoms with Gasteiger partial charge in [0.15, 0.2) is 11.7 Å². The van der Waals surface area contributed by atoms with Crippen molar-refractivity contribution < 1.29 is 4.52 Å². The molecule has 2 heterocycles. The van der Waals surface area contributed by atoms with Crippen LogP contribution in [-0.4, -0.2) is 29.7 Å². The SMILES string of the molecule is CN=C(NCCc1csc(-c2ccccc2)n1)NCc1cc(C(C)C)no1. The van der Waals surface area contributed by atoms with Crippen LogP contribution in [0.4, 0.5) is 0 Å². The number of aliphatic imine (C=N–C) groups is 1. The summed E-state index contributed by atoms with van der Waals surface area (Å²) < 4.78 is 5.34. The van der Waals surface area contributed by atoms with Crippen molar-refractivity contribution in [2.45, 2.75) is 32.7 Å². The second-order valence-corrected chi connectivity index (χ2v) is 7.34. The summed E-state index contributed by atoms with van der Waals surface area (Å²) in [6, 6.07) is 12.2. The topological polar surface area (TPSA) is 75.3 Å². The van der Waals surface area contributed by atoms with Crippen LogP contribution in [-0.2, 0) is 13.0 Å². The Hall–Kier alpha value is -2.67. The molecule has 0 radical (unpaired) electrons. The molecule has 0 aliphatic rings. The Kier molecular flexibility index (Phi) is 6.59. The molecule has 0 aliphatic carbocycles. The molecule has 3 rings (SSSR count). The highest BCUT2D eigenvalue weighted by Gasteiger charge is 2.08. The van der Waals surface area contributed by atoms with Gasteiger partial charge in [0.1, 0.15) is 5.01 Å². The third-order valence-electron chi connectivity index (χ3n) is 4.07. The number of guanidine groups is 1. The van der Waals surface area contributed by atoms with Gasteiger partial charge in [-0.05, 0) is 5.92 Å². The molecule has 1 aromatic carbocycles. The molecule has 0 bridgehead atoms. The summed E-state index contributed by atoms with van der Waals surface area (Å²) >= 11 is 1.68. The molecule has 0 saturated carbocycles. The molecule has 0 unspecified atom stereocenters. The zero-order chi connectivity index (χ0) is 19.1. The average Bonchev–Trinajstić information content (AvgIpc) is 3.35. The van der Waals surface area contributed by atoms with Crippen LogP contribution < -0.4 is 10.6 Å². The van der Waals surface area contributed by atoms with Gasteiger partial charge in [-0.15, -0.1) is 11.3 Å². The number of hydrogen-bond acceptors (Lipinski definition) is 5. The molecular formula is C20H25N5OS.